The van der Waals surface area contributed by atoms with Gasteiger partial charge in [0.1, 0.15) is 0 Å². The number of aryl methyl sites for hydroxylation is 1. The Morgan fingerprint density at radius 2 is 2.22 bits per heavy atom. The molecule has 0 atom stereocenters. The zero-order valence-electron chi connectivity index (χ0n) is 4.85. The fourth-order valence-corrected chi connectivity index (χ4v) is 1.47. The standard InChI is InChI=1S/C5H6ClNS.BrH/c1-3-2-4(7)8-5(3)6;/h2H,7H2,1H3;1H. The van der Waals surface area contributed by atoms with Gasteiger partial charge in [0.25, 0.3) is 0 Å². The molecule has 0 fully saturated rings. The van der Waals surface area contributed by atoms with Crippen LogP contribution in [0.3, 0.4) is 0 Å². The molecule has 0 spiro atoms. The van der Waals surface area contributed by atoms with Crippen molar-refractivity contribution in [3.05, 3.63) is 16.0 Å². The normalized spacial score (nSPS) is 8.67. The van der Waals surface area contributed by atoms with Gasteiger partial charge in [-0.2, -0.15) is 0 Å². The van der Waals surface area contributed by atoms with Crippen LogP contribution >= 0.6 is 39.9 Å². The Morgan fingerprint density at radius 3 is 2.33 bits per heavy atom. The van der Waals surface area contributed by atoms with Crippen molar-refractivity contribution in [3.63, 3.8) is 0 Å². The second kappa shape index (κ2) is 3.44. The average Bonchev–Trinajstić information content (AvgIpc) is 1.85. The molecule has 0 unspecified atom stereocenters. The lowest BCUT2D eigenvalue weighted by Crippen LogP contribution is -1.73. The maximum atomic E-state index is 5.67. The third-order valence-corrected chi connectivity index (χ3v) is 2.26. The van der Waals surface area contributed by atoms with Crippen molar-refractivity contribution in [2.24, 2.45) is 0 Å². The lowest BCUT2D eigenvalue weighted by atomic mass is 10.4. The molecular formula is C5H7BrClNS. The first-order valence-electron chi connectivity index (χ1n) is 2.21. The van der Waals surface area contributed by atoms with Gasteiger partial charge in [0.05, 0.1) is 9.34 Å². The number of hydrogen-bond acceptors (Lipinski definition) is 2. The molecule has 1 heterocycles. The van der Waals surface area contributed by atoms with Gasteiger partial charge in [0.15, 0.2) is 0 Å². The van der Waals surface area contributed by atoms with Crippen molar-refractivity contribution in [1.82, 2.24) is 0 Å². The zero-order chi connectivity index (χ0) is 6.15. The maximum Gasteiger partial charge on any atom is 0.0979 e. The number of halogens is 2. The summed E-state index contributed by atoms with van der Waals surface area (Å²) >= 11 is 7.08. The fourth-order valence-electron chi connectivity index (χ4n) is 0.484. The summed E-state index contributed by atoms with van der Waals surface area (Å²) in [6, 6.07) is 1.87. The predicted molar refractivity (Wildman–Crippen MR) is 48.8 cm³/mol. The van der Waals surface area contributed by atoms with E-state index >= 15 is 0 Å². The molecule has 0 aliphatic heterocycles. The Labute approximate surface area is 73.6 Å². The molecule has 0 saturated heterocycles. The topological polar surface area (TPSA) is 26.0 Å². The van der Waals surface area contributed by atoms with Crippen LogP contribution in [0.2, 0.25) is 4.34 Å². The highest BCUT2D eigenvalue weighted by atomic mass is 79.9. The second-order valence-corrected chi connectivity index (χ2v) is 3.29. The van der Waals surface area contributed by atoms with Crippen LogP contribution in [-0.2, 0) is 0 Å². The van der Waals surface area contributed by atoms with Gasteiger partial charge >= 0.3 is 0 Å². The first-order valence-corrected chi connectivity index (χ1v) is 3.41. The van der Waals surface area contributed by atoms with E-state index in [9.17, 15) is 0 Å². The van der Waals surface area contributed by atoms with Crippen molar-refractivity contribution in [1.29, 1.82) is 0 Å². The molecule has 1 rings (SSSR count). The number of rotatable bonds is 0. The summed E-state index contributed by atoms with van der Waals surface area (Å²) in [4.78, 5) is 0. The van der Waals surface area contributed by atoms with Gasteiger partial charge in [-0.25, -0.2) is 0 Å². The first-order chi connectivity index (χ1) is 3.70. The maximum absolute atomic E-state index is 5.67. The Kier molecular flexibility index (Phi) is 3.54. The Morgan fingerprint density at radius 1 is 1.67 bits per heavy atom. The number of hydrogen-bond donors (Lipinski definition) is 1. The summed E-state index contributed by atoms with van der Waals surface area (Å²) in [5.41, 5.74) is 6.48. The van der Waals surface area contributed by atoms with Crippen LogP contribution in [0.1, 0.15) is 5.56 Å². The summed E-state index contributed by atoms with van der Waals surface area (Å²) in [7, 11) is 0. The summed E-state index contributed by atoms with van der Waals surface area (Å²) in [6.45, 7) is 1.94. The van der Waals surface area contributed by atoms with Crippen LogP contribution in [0.4, 0.5) is 5.00 Å². The summed E-state index contributed by atoms with van der Waals surface area (Å²) in [6.07, 6.45) is 0. The van der Waals surface area contributed by atoms with Gasteiger partial charge in [0.2, 0.25) is 0 Å². The van der Waals surface area contributed by atoms with Gasteiger partial charge < -0.3 is 5.73 Å². The molecule has 1 nitrogen and oxygen atoms in total. The highest BCUT2D eigenvalue weighted by Crippen LogP contribution is 2.27. The lowest BCUT2D eigenvalue weighted by molar-refractivity contribution is 1.56. The third kappa shape index (κ3) is 2.16. The summed E-state index contributed by atoms with van der Waals surface area (Å²) in [5.74, 6) is 0. The van der Waals surface area contributed by atoms with Crippen LogP contribution in [0.15, 0.2) is 6.07 Å². The largest absolute Gasteiger partial charge is 0.391 e. The molecule has 0 aliphatic rings. The molecule has 0 aromatic carbocycles. The van der Waals surface area contributed by atoms with Gasteiger partial charge in [-0.05, 0) is 18.6 Å². The zero-order valence-corrected chi connectivity index (χ0v) is 8.13. The van der Waals surface area contributed by atoms with Crippen LogP contribution in [0, 0.1) is 6.92 Å². The number of nitrogen functional groups attached to an aromatic ring is 1. The van der Waals surface area contributed by atoms with Crippen molar-refractivity contribution in [2.75, 3.05) is 5.73 Å². The van der Waals surface area contributed by atoms with E-state index in [4.69, 9.17) is 17.3 Å². The van der Waals surface area contributed by atoms with Gasteiger partial charge in [-0.15, -0.1) is 28.3 Å². The van der Waals surface area contributed by atoms with E-state index in [-0.39, 0.29) is 17.0 Å². The van der Waals surface area contributed by atoms with Crippen LogP contribution < -0.4 is 5.73 Å². The molecule has 0 bridgehead atoms. The number of nitrogens with two attached hydrogens (primary N) is 1. The van der Waals surface area contributed by atoms with Gasteiger partial charge in [-0.3, -0.25) is 0 Å². The van der Waals surface area contributed by atoms with E-state index in [0.717, 1.165) is 14.9 Å². The second-order valence-electron chi connectivity index (χ2n) is 1.61. The molecular weight excluding hydrogens is 221 g/mol. The number of thiophene rings is 1. The van der Waals surface area contributed by atoms with E-state index in [2.05, 4.69) is 0 Å². The average molecular weight is 229 g/mol. The quantitative estimate of drug-likeness (QED) is 0.726. The SMILES string of the molecule is Br.Cc1cc(N)sc1Cl. The van der Waals surface area contributed by atoms with Crippen molar-refractivity contribution < 1.29 is 0 Å². The molecule has 52 valence electrons. The van der Waals surface area contributed by atoms with Crippen LogP contribution in [0.5, 0.6) is 0 Å². The molecule has 9 heavy (non-hydrogen) atoms. The summed E-state index contributed by atoms with van der Waals surface area (Å²) in [5, 5.41) is 0.785. The molecule has 0 saturated carbocycles. The van der Waals surface area contributed by atoms with Crippen molar-refractivity contribution in [2.45, 2.75) is 6.92 Å². The molecule has 1 aromatic heterocycles. The Bertz CT molecular complexity index is 179. The van der Waals surface area contributed by atoms with Crippen LogP contribution in [-0.4, -0.2) is 0 Å². The van der Waals surface area contributed by atoms with E-state index < -0.39 is 0 Å². The predicted octanol–water partition coefficient (Wildman–Crippen LogP) is 2.87. The van der Waals surface area contributed by atoms with Gasteiger partial charge in [-0.1, -0.05) is 11.6 Å². The monoisotopic (exact) mass is 227 g/mol. The molecule has 0 radical (unpaired) electrons. The highest BCUT2D eigenvalue weighted by Gasteiger charge is 1.96. The minimum atomic E-state index is 0. The van der Waals surface area contributed by atoms with Gasteiger partial charge in [0, 0.05) is 0 Å². The van der Waals surface area contributed by atoms with E-state index in [1.807, 2.05) is 13.0 Å². The molecule has 2 N–H and O–H groups in total. The smallest absolute Gasteiger partial charge is 0.0979 e. The minimum absolute atomic E-state index is 0. The van der Waals surface area contributed by atoms with Crippen LogP contribution in [0.25, 0.3) is 0 Å². The molecule has 0 aliphatic carbocycles. The van der Waals surface area contributed by atoms with E-state index in [1.165, 1.54) is 11.3 Å². The van der Waals surface area contributed by atoms with E-state index in [1.54, 1.807) is 0 Å². The fraction of sp³-hybridized carbons (Fsp3) is 0.200. The molecule has 1 aromatic rings. The van der Waals surface area contributed by atoms with E-state index in [0.29, 0.717) is 0 Å². The molecule has 0 amide bonds. The lowest BCUT2D eigenvalue weighted by Gasteiger charge is -1.76. The third-order valence-electron chi connectivity index (χ3n) is 0.876. The minimum Gasteiger partial charge on any atom is -0.391 e. The number of anilines is 1. The van der Waals surface area contributed by atoms with Crippen molar-refractivity contribution in [3.8, 4) is 0 Å². The highest BCUT2D eigenvalue weighted by molar-refractivity contribution is 8.93. The Balaban J connectivity index is 0.000000640. The summed E-state index contributed by atoms with van der Waals surface area (Å²) < 4.78 is 0.794. The first kappa shape index (κ1) is 9.27. The Hall–Kier alpha value is 0.270. The molecule has 4 heteroatoms. The van der Waals surface area contributed by atoms with Crippen molar-refractivity contribution >= 4 is 44.9 Å².